The largest absolute Gasteiger partial charge is 0.478 e. The minimum Gasteiger partial charge on any atom is -0.478 e. The molecule has 1 aromatic rings. The molecule has 3 nitrogen and oxygen atoms in total. The summed E-state index contributed by atoms with van der Waals surface area (Å²) in [4.78, 5) is 13.4. The van der Waals surface area contributed by atoms with Crippen LogP contribution in [0.15, 0.2) is 24.3 Å². The molecule has 1 unspecified atom stereocenters. The van der Waals surface area contributed by atoms with Gasteiger partial charge >= 0.3 is 5.97 Å². The van der Waals surface area contributed by atoms with Crippen molar-refractivity contribution in [1.82, 2.24) is 0 Å². The van der Waals surface area contributed by atoms with E-state index >= 15 is 0 Å². The van der Waals surface area contributed by atoms with Crippen molar-refractivity contribution in [2.24, 2.45) is 5.92 Å². The molecular weight excluding hydrogens is 238 g/mol. The number of hydrogen-bond acceptors (Lipinski definition) is 2. The van der Waals surface area contributed by atoms with Crippen molar-refractivity contribution < 1.29 is 9.90 Å². The predicted molar refractivity (Wildman–Crippen MR) is 77.9 cm³/mol. The van der Waals surface area contributed by atoms with E-state index in [4.69, 9.17) is 5.11 Å². The molecule has 2 rings (SSSR count). The summed E-state index contributed by atoms with van der Waals surface area (Å²) in [5, 5.41) is 9.06. The summed E-state index contributed by atoms with van der Waals surface area (Å²) in [6.45, 7) is 4.34. The summed E-state index contributed by atoms with van der Waals surface area (Å²) in [7, 11) is 0. The van der Waals surface area contributed by atoms with Crippen LogP contribution < -0.4 is 4.90 Å². The third-order valence-electron chi connectivity index (χ3n) is 4.00. The molecule has 19 heavy (non-hydrogen) atoms. The molecule has 1 N–H and O–H groups in total. The minimum atomic E-state index is -0.847. The van der Waals surface area contributed by atoms with Gasteiger partial charge < -0.3 is 10.0 Å². The highest BCUT2D eigenvalue weighted by molar-refractivity contribution is 5.88. The number of hydrogen-bond donors (Lipinski definition) is 1. The Morgan fingerprint density at radius 1 is 1.37 bits per heavy atom. The van der Waals surface area contributed by atoms with E-state index in [0.29, 0.717) is 5.56 Å². The normalized spacial score (nSPS) is 20.1. The molecule has 0 bridgehead atoms. The van der Waals surface area contributed by atoms with E-state index in [2.05, 4.69) is 11.8 Å². The highest BCUT2D eigenvalue weighted by atomic mass is 16.4. The monoisotopic (exact) mass is 261 g/mol. The minimum absolute atomic E-state index is 0.381. The van der Waals surface area contributed by atoms with Gasteiger partial charge in [0.05, 0.1) is 5.56 Å². The smallest absolute Gasteiger partial charge is 0.335 e. The van der Waals surface area contributed by atoms with Crippen molar-refractivity contribution in [2.75, 3.05) is 18.0 Å². The van der Waals surface area contributed by atoms with Crippen molar-refractivity contribution in [2.45, 2.75) is 39.0 Å². The van der Waals surface area contributed by atoms with Gasteiger partial charge in [0.25, 0.3) is 0 Å². The van der Waals surface area contributed by atoms with E-state index in [-0.39, 0.29) is 0 Å². The molecule has 0 radical (unpaired) electrons. The van der Waals surface area contributed by atoms with Crippen molar-refractivity contribution >= 4 is 11.7 Å². The fourth-order valence-corrected chi connectivity index (χ4v) is 2.96. The molecular formula is C16H23NO2. The molecule has 0 saturated carbocycles. The zero-order valence-corrected chi connectivity index (χ0v) is 11.6. The average Bonchev–Trinajstić information content (AvgIpc) is 2.65. The standard InChI is InChI=1S/C16H23NO2/c1-2-5-13-6-4-10-17(11-9-13)15-8-3-7-14(12-15)16(18)19/h3,7-8,12-13H,2,4-6,9-11H2,1H3,(H,18,19). The van der Waals surface area contributed by atoms with Crippen LogP contribution in [0.5, 0.6) is 0 Å². The third-order valence-corrected chi connectivity index (χ3v) is 4.00. The van der Waals surface area contributed by atoms with Gasteiger partial charge in [0, 0.05) is 18.8 Å². The second-order valence-corrected chi connectivity index (χ2v) is 5.43. The van der Waals surface area contributed by atoms with Gasteiger partial charge in [-0.1, -0.05) is 25.8 Å². The molecule has 1 fully saturated rings. The quantitative estimate of drug-likeness (QED) is 0.896. The van der Waals surface area contributed by atoms with Crippen LogP contribution in [-0.4, -0.2) is 24.2 Å². The van der Waals surface area contributed by atoms with E-state index in [0.717, 1.165) is 24.7 Å². The van der Waals surface area contributed by atoms with Crippen LogP contribution in [0.2, 0.25) is 0 Å². The van der Waals surface area contributed by atoms with Gasteiger partial charge in [-0.3, -0.25) is 0 Å². The first-order valence-electron chi connectivity index (χ1n) is 7.29. The summed E-state index contributed by atoms with van der Waals surface area (Å²) in [6.07, 6.45) is 6.33. The summed E-state index contributed by atoms with van der Waals surface area (Å²) in [5.74, 6) is -0.00168. The number of benzene rings is 1. The fourth-order valence-electron chi connectivity index (χ4n) is 2.96. The van der Waals surface area contributed by atoms with Crippen molar-refractivity contribution in [3.63, 3.8) is 0 Å². The molecule has 1 saturated heterocycles. The van der Waals surface area contributed by atoms with Gasteiger partial charge in [0.2, 0.25) is 0 Å². The molecule has 0 amide bonds. The predicted octanol–water partition coefficient (Wildman–Crippen LogP) is 3.79. The molecule has 1 aromatic carbocycles. The Bertz CT molecular complexity index is 431. The van der Waals surface area contributed by atoms with E-state index in [1.807, 2.05) is 12.1 Å². The van der Waals surface area contributed by atoms with E-state index in [1.54, 1.807) is 12.1 Å². The highest BCUT2D eigenvalue weighted by Gasteiger charge is 2.17. The Kier molecular flexibility index (Phi) is 4.83. The van der Waals surface area contributed by atoms with Gasteiger partial charge in [-0.05, 0) is 43.4 Å². The lowest BCUT2D eigenvalue weighted by Crippen LogP contribution is -2.24. The zero-order valence-electron chi connectivity index (χ0n) is 11.6. The molecule has 1 heterocycles. The molecule has 3 heteroatoms. The van der Waals surface area contributed by atoms with Crippen LogP contribution in [0.4, 0.5) is 5.69 Å². The maximum atomic E-state index is 11.0. The first kappa shape index (κ1) is 13.9. The van der Waals surface area contributed by atoms with Crippen LogP contribution in [0.25, 0.3) is 0 Å². The molecule has 104 valence electrons. The highest BCUT2D eigenvalue weighted by Crippen LogP contribution is 2.25. The molecule has 1 aliphatic heterocycles. The Balaban J connectivity index is 2.05. The zero-order chi connectivity index (χ0) is 13.7. The van der Waals surface area contributed by atoms with Crippen molar-refractivity contribution in [1.29, 1.82) is 0 Å². The number of nitrogens with zero attached hydrogens (tertiary/aromatic N) is 1. The number of carboxylic acid groups (broad SMARTS) is 1. The van der Waals surface area contributed by atoms with Gasteiger partial charge in [-0.2, -0.15) is 0 Å². The fraction of sp³-hybridized carbons (Fsp3) is 0.562. The molecule has 1 aliphatic rings. The lowest BCUT2D eigenvalue weighted by molar-refractivity contribution is 0.0697. The van der Waals surface area contributed by atoms with Crippen LogP contribution >= 0.6 is 0 Å². The average molecular weight is 261 g/mol. The molecule has 0 aromatic heterocycles. The number of carbonyl (C=O) groups is 1. The Morgan fingerprint density at radius 3 is 2.95 bits per heavy atom. The van der Waals surface area contributed by atoms with Crippen LogP contribution in [0.3, 0.4) is 0 Å². The molecule has 1 atom stereocenters. The SMILES string of the molecule is CCCC1CCCN(c2cccc(C(=O)O)c2)CC1. The van der Waals surface area contributed by atoms with Gasteiger partial charge in [-0.15, -0.1) is 0 Å². The number of rotatable bonds is 4. The molecule has 0 aliphatic carbocycles. The van der Waals surface area contributed by atoms with Crippen LogP contribution in [0, 0.1) is 5.92 Å². The van der Waals surface area contributed by atoms with Gasteiger partial charge in [0.1, 0.15) is 0 Å². The number of anilines is 1. The Labute approximate surface area is 115 Å². The number of carboxylic acids is 1. The van der Waals surface area contributed by atoms with E-state index < -0.39 is 5.97 Å². The van der Waals surface area contributed by atoms with Crippen LogP contribution in [-0.2, 0) is 0 Å². The number of aromatic carboxylic acids is 1. The first-order chi connectivity index (χ1) is 9.20. The maximum Gasteiger partial charge on any atom is 0.335 e. The van der Waals surface area contributed by atoms with Crippen molar-refractivity contribution in [3.8, 4) is 0 Å². The summed E-state index contributed by atoms with van der Waals surface area (Å²) < 4.78 is 0. The van der Waals surface area contributed by atoms with Crippen LogP contribution in [0.1, 0.15) is 49.4 Å². The lowest BCUT2D eigenvalue weighted by Gasteiger charge is -2.23. The Hall–Kier alpha value is -1.51. The topological polar surface area (TPSA) is 40.5 Å². The van der Waals surface area contributed by atoms with Gasteiger partial charge in [0.15, 0.2) is 0 Å². The van der Waals surface area contributed by atoms with Gasteiger partial charge in [-0.25, -0.2) is 4.79 Å². The maximum absolute atomic E-state index is 11.0. The second-order valence-electron chi connectivity index (χ2n) is 5.43. The second kappa shape index (κ2) is 6.60. The summed E-state index contributed by atoms with van der Waals surface area (Å²) in [5.41, 5.74) is 1.43. The Morgan fingerprint density at radius 2 is 2.21 bits per heavy atom. The third kappa shape index (κ3) is 3.72. The van der Waals surface area contributed by atoms with E-state index in [1.165, 1.54) is 32.1 Å². The van der Waals surface area contributed by atoms with Crippen molar-refractivity contribution in [3.05, 3.63) is 29.8 Å². The summed E-state index contributed by atoms with van der Waals surface area (Å²) in [6, 6.07) is 7.31. The molecule has 0 spiro atoms. The summed E-state index contributed by atoms with van der Waals surface area (Å²) >= 11 is 0. The van der Waals surface area contributed by atoms with E-state index in [9.17, 15) is 4.79 Å². The lowest BCUT2D eigenvalue weighted by atomic mass is 9.96. The first-order valence-corrected chi connectivity index (χ1v) is 7.29.